The van der Waals surface area contributed by atoms with Crippen LogP contribution in [0.4, 0.5) is 4.39 Å². The van der Waals surface area contributed by atoms with Gasteiger partial charge in [-0.25, -0.2) is 4.39 Å². The second kappa shape index (κ2) is 6.24. The zero-order valence-electron chi connectivity index (χ0n) is 12.2. The number of nitrogens with one attached hydrogen (secondary N) is 1. The molecule has 0 aliphatic heterocycles. The molecule has 3 atom stereocenters. The predicted octanol–water partition coefficient (Wildman–Crippen LogP) is 2.81. The molecule has 4 nitrogen and oxygen atoms in total. The van der Waals surface area contributed by atoms with Crippen molar-refractivity contribution in [1.29, 1.82) is 0 Å². The van der Waals surface area contributed by atoms with Gasteiger partial charge in [0.15, 0.2) is 0 Å². The number of aliphatic carboxylic acids is 1. The number of carbonyl (C=O) groups is 2. The minimum absolute atomic E-state index is 0.146. The fraction of sp³-hybridized carbons (Fsp3) is 0.500. The van der Waals surface area contributed by atoms with Crippen LogP contribution >= 0.6 is 0 Å². The van der Waals surface area contributed by atoms with Crippen LogP contribution < -0.4 is 5.32 Å². The Morgan fingerprint density at radius 2 is 2.00 bits per heavy atom. The summed E-state index contributed by atoms with van der Waals surface area (Å²) in [4.78, 5) is 23.1. The Hall–Kier alpha value is -1.91. The molecule has 114 valence electrons. The number of rotatable bonds is 4. The summed E-state index contributed by atoms with van der Waals surface area (Å²) in [5, 5.41) is 11.8. The first-order valence-corrected chi connectivity index (χ1v) is 7.17. The van der Waals surface area contributed by atoms with Gasteiger partial charge >= 0.3 is 5.97 Å². The number of amides is 1. The molecule has 5 heteroatoms. The minimum atomic E-state index is -0.834. The second-order valence-corrected chi connectivity index (χ2v) is 5.78. The van der Waals surface area contributed by atoms with E-state index in [4.69, 9.17) is 5.11 Å². The van der Waals surface area contributed by atoms with Gasteiger partial charge < -0.3 is 10.4 Å². The minimum Gasteiger partial charge on any atom is -0.481 e. The van der Waals surface area contributed by atoms with E-state index in [1.165, 1.54) is 6.07 Å². The van der Waals surface area contributed by atoms with E-state index < -0.39 is 11.9 Å². The SMILES string of the molecule is Cc1ccc(C(C)NC(=O)[C@@H]2CC[C@H](C(=O)O)C2)cc1F. The monoisotopic (exact) mass is 293 g/mol. The highest BCUT2D eigenvalue weighted by atomic mass is 19.1. The topological polar surface area (TPSA) is 66.4 Å². The lowest BCUT2D eigenvalue weighted by atomic mass is 10.0. The van der Waals surface area contributed by atoms with Crippen LogP contribution in [0.25, 0.3) is 0 Å². The molecular weight excluding hydrogens is 273 g/mol. The highest BCUT2D eigenvalue weighted by Gasteiger charge is 2.34. The lowest BCUT2D eigenvalue weighted by molar-refractivity contribution is -0.141. The van der Waals surface area contributed by atoms with E-state index in [-0.39, 0.29) is 23.7 Å². The summed E-state index contributed by atoms with van der Waals surface area (Å²) >= 11 is 0. The van der Waals surface area contributed by atoms with Gasteiger partial charge in [0.2, 0.25) is 5.91 Å². The Morgan fingerprint density at radius 1 is 1.33 bits per heavy atom. The van der Waals surface area contributed by atoms with Crippen LogP contribution in [0.1, 0.15) is 43.4 Å². The Balaban J connectivity index is 1.96. The average molecular weight is 293 g/mol. The molecule has 1 aliphatic rings. The molecule has 1 aliphatic carbocycles. The van der Waals surface area contributed by atoms with Crippen molar-refractivity contribution in [2.75, 3.05) is 0 Å². The number of carboxylic acid groups (broad SMARTS) is 1. The first-order valence-electron chi connectivity index (χ1n) is 7.17. The smallest absolute Gasteiger partial charge is 0.306 e. The van der Waals surface area contributed by atoms with E-state index in [0.29, 0.717) is 30.4 Å². The van der Waals surface area contributed by atoms with Crippen molar-refractivity contribution in [1.82, 2.24) is 5.32 Å². The average Bonchev–Trinajstić information content (AvgIpc) is 2.91. The molecule has 2 N–H and O–H groups in total. The molecule has 21 heavy (non-hydrogen) atoms. The van der Waals surface area contributed by atoms with Gasteiger partial charge in [-0.1, -0.05) is 12.1 Å². The second-order valence-electron chi connectivity index (χ2n) is 5.78. The lowest BCUT2D eigenvalue weighted by Gasteiger charge is -2.18. The third-order valence-electron chi connectivity index (χ3n) is 4.21. The number of aryl methyl sites for hydroxylation is 1. The largest absolute Gasteiger partial charge is 0.481 e. The number of benzene rings is 1. The van der Waals surface area contributed by atoms with Crippen LogP contribution in [0.3, 0.4) is 0 Å². The van der Waals surface area contributed by atoms with E-state index in [9.17, 15) is 14.0 Å². The maximum Gasteiger partial charge on any atom is 0.306 e. The third kappa shape index (κ3) is 3.60. The lowest BCUT2D eigenvalue weighted by Crippen LogP contribution is -2.32. The van der Waals surface area contributed by atoms with Gasteiger partial charge in [-0.3, -0.25) is 9.59 Å². The van der Waals surface area contributed by atoms with Crippen LogP contribution in [-0.4, -0.2) is 17.0 Å². The molecule has 0 saturated heterocycles. The summed E-state index contributed by atoms with van der Waals surface area (Å²) in [5.74, 6) is -1.96. The number of hydrogen-bond acceptors (Lipinski definition) is 2. The summed E-state index contributed by atoms with van der Waals surface area (Å²) in [7, 11) is 0. The Morgan fingerprint density at radius 3 is 2.57 bits per heavy atom. The van der Waals surface area contributed by atoms with Crippen molar-refractivity contribution in [3.8, 4) is 0 Å². The maximum absolute atomic E-state index is 13.5. The molecule has 1 unspecified atom stereocenters. The van der Waals surface area contributed by atoms with Gasteiger partial charge in [-0.15, -0.1) is 0 Å². The molecule has 0 aromatic heterocycles. The summed E-state index contributed by atoms with van der Waals surface area (Å²) in [6.07, 6.45) is 1.52. The molecule has 0 radical (unpaired) electrons. The van der Waals surface area contributed by atoms with Gasteiger partial charge in [-0.2, -0.15) is 0 Å². The summed E-state index contributed by atoms with van der Waals surface area (Å²) in [6, 6.07) is 4.60. The third-order valence-corrected chi connectivity index (χ3v) is 4.21. The molecule has 0 heterocycles. The molecule has 1 saturated carbocycles. The number of carboxylic acids is 1. The van der Waals surface area contributed by atoms with Crippen molar-refractivity contribution in [2.45, 2.75) is 39.2 Å². The molecule has 1 fully saturated rings. The van der Waals surface area contributed by atoms with E-state index in [1.54, 1.807) is 26.0 Å². The van der Waals surface area contributed by atoms with Gasteiger partial charge in [0.1, 0.15) is 5.82 Å². The molecule has 0 spiro atoms. The van der Waals surface area contributed by atoms with Crippen molar-refractivity contribution in [2.24, 2.45) is 11.8 Å². The van der Waals surface area contributed by atoms with Gasteiger partial charge in [0.25, 0.3) is 0 Å². The molecular formula is C16H20FNO3. The summed E-state index contributed by atoms with van der Waals surface area (Å²) < 4.78 is 13.5. The Labute approximate surface area is 123 Å². The van der Waals surface area contributed by atoms with Crippen LogP contribution in [0.15, 0.2) is 18.2 Å². The normalized spacial score (nSPS) is 22.8. The summed E-state index contributed by atoms with van der Waals surface area (Å²) in [5.41, 5.74) is 1.27. The Kier molecular flexibility index (Phi) is 4.60. The molecule has 2 rings (SSSR count). The fourth-order valence-corrected chi connectivity index (χ4v) is 2.74. The van der Waals surface area contributed by atoms with Crippen molar-refractivity contribution in [3.63, 3.8) is 0 Å². The van der Waals surface area contributed by atoms with Crippen molar-refractivity contribution < 1.29 is 19.1 Å². The fourth-order valence-electron chi connectivity index (χ4n) is 2.74. The first kappa shape index (κ1) is 15.5. The number of carbonyl (C=O) groups excluding carboxylic acids is 1. The van der Waals surface area contributed by atoms with E-state index in [2.05, 4.69) is 5.32 Å². The van der Waals surface area contributed by atoms with E-state index >= 15 is 0 Å². The predicted molar refractivity (Wildman–Crippen MR) is 76.2 cm³/mol. The summed E-state index contributed by atoms with van der Waals surface area (Å²) in [6.45, 7) is 3.48. The molecule has 0 bridgehead atoms. The molecule has 1 aromatic rings. The standard InChI is InChI=1S/C16H20FNO3/c1-9-3-4-11(8-14(9)17)10(2)18-15(19)12-5-6-13(7-12)16(20)21/h3-4,8,10,12-13H,5-7H2,1-2H3,(H,18,19)(H,20,21)/t10?,12-,13+/m1/s1. The molecule has 1 aromatic carbocycles. The zero-order valence-corrected chi connectivity index (χ0v) is 12.2. The van der Waals surface area contributed by atoms with Crippen LogP contribution in [-0.2, 0) is 9.59 Å². The first-order chi connectivity index (χ1) is 9.88. The quantitative estimate of drug-likeness (QED) is 0.897. The van der Waals surface area contributed by atoms with Gasteiger partial charge in [0.05, 0.1) is 12.0 Å². The highest BCUT2D eigenvalue weighted by Crippen LogP contribution is 2.31. The van der Waals surface area contributed by atoms with Crippen LogP contribution in [0.2, 0.25) is 0 Å². The van der Waals surface area contributed by atoms with E-state index in [1.807, 2.05) is 0 Å². The van der Waals surface area contributed by atoms with Gasteiger partial charge in [0, 0.05) is 5.92 Å². The Bertz CT molecular complexity index is 558. The number of hydrogen-bond donors (Lipinski definition) is 2. The van der Waals surface area contributed by atoms with Crippen LogP contribution in [0, 0.1) is 24.6 Å². The van der Waals surface area contributed by atoms with Crippen molar-refractivity contribution in [3.05, 3.63) is 35.1 Å². The van der Waals surface area contributed by atoms with Gasteiger partial charge in [-0.05, 0) is 50.3 Å². The number of halogens is 1. The van der Waals surface area contributed by atoms with Crippen LogP contribution in [0.5, 0.6) is 0 Å². The van der Waals surface area contributed by atoms with E-state index in [0.717, 1.165) is 0 Å². The highest BCUT2D eigenvalue weighted by molar-refractivity contribution is 5.81. The maximum atomic E-state index is 13.5. The molecule has 1 amide bonds. The van der Waals surface area contributed by atoms with Crippen molar-refractivity contribution >= 4 is 11.9 Å². The zero-order chi connectivity index (χ0) is 15.6.